The van der Waals surface area contributed by atoms with Crippen molar-refractivity contribution in [1.82, 2.24) is 0 Å². The zero-order chi connectivity index (χ0) is 45.0. The number of aliphatic hydroxyl groups is 5. The summed E-state index contributed by atoms with van der Waals surface area (Å²) in [5, 5.41) is 50.1. The fourth-order valence-corrected chi connectivity index (χ4v) is 7.54. The zero-order valence-corrected chi connectivity index (χ0v) is 38.1. The lowest BCUT2D eigenvalue weighted by Gasteiger charge is -2.41. The van der Waals surface area contributed by atoms with E-state index in [4.69, 9.17) is 18.5 Å². The second kappa shape index (κ2) is 37.0. The van der Waals surface area contributed by atoms with Crippen molar-refractivity contribution < 1.29 is 63.1 Å². The molecule has 0 heterocycles. The topological polar surface area (TPSA) is 210 Å². The highest BCUT2D eigenvalue weighted by Crippen LogP contribution is 2.47. The van der Waals surface area contributed by atoms with Gasteiger partial charge in [0, 0.05) is 12.8 Å². The highest BCUT2D eigenvalue weighted by atomic mass is 31.2. The van der Waals surface area contributed by atoms with Crippen LogP contribution < -0.4 is 0 Å². The summed E-state index contributed by atoms with van der Waals surface area (Å²) in [6, 6.07) is 0. The first-order valence-corrected chi connectivity index (χ1v) is 24.6. The first kappa shape index (κ1) is 56.6. The van der Waals surface area contributed by atoms with E-state index in [0.717, 1.165) is 64.2 Å². The third-order valence-electron chi connectivity index (χ3n) is 10.3. The number of esters is 2. The monoisotopic (exact) mass is 885 g/mol. The quantitative estimate of drug-likeness (QED) is 0.0149. The molecule has 1 rings (SSSR count). The van der Waals surface area contributed by atoms with E-state index in [9.17, 15) is 44.6 Å². The molecule has 0 aliphatic heterocycles. The van der Waals surface area contributed by atoms with Crippen LogP contribution in [0.1, 0.15) is 168 Å². The van der Waals surface area contributed by atoms with Crippen LogP contribution >= 0.6 is 7.82 Å². The summed E-state index contributed by atoms with van der Waals surface area (Å²) in [6.45, 7) is 3.20. The Hall–Kier alpha value is -2.45. The second-order valence-corrected chi connectivity index (χ2v) is 17.3. The number of unbranched alkanes of at least 4 members (excludes halogenated alkanes) is 15. The van der Waals surface area contributed by atoms with Gasteiger partial charge in [-0.15, -0.1) is 0 Å². The standard InChI is InChI=1S/C47H81O13P/c1-3-5-7-9-11-13-15-17-19-20-22-24-26-28-30-32-34-36-41(49)59-39(38-58-61(55,56)60-47-45(53)43(51)42(50)44(52)46(47)54)37-57-40(48)35-33-31-29-27-25-23-21-18-16-14-12-10-8-6-4-2/h12,14,17-19,21-22,24,28,30,39,42-47,50-54H,3-11,13,15-16,20,23,25-27,29,31-38H2,1-2H3,(H,55,56). The maximum absolute atomic E-state index is 12.8. The second-order valence-electron chi connectivity index (χ2n) is 15.9. The number of aliphatic hydroxyl groups excluding tert-OH is 5. The van der Waals surface area contributed by atoms with Crippen molar-refractivity contribution in [2.45, 2.75) is 211 Å². The van der Waals surface area contributed by atoms with Crippen molar-refractivity contribution in [2.24, 2.45) is 0 Å². The normalized spacial score (nSPS) is 22.6. The van der Waals surface area contributed by atoms with Crippen molar-refractivity contribution in [1.29, 1.82) is 0 Å². The number of rotatable bonds is 37. The molecule has 6 N–H and O–H groups in total. The molecule has 352 valence electrons. The van der Waals surface area contributed by atoms with Crippen LogP contribution in [-0.4, -0.2) is 98.3 Å². The van der Waals surface area contributed by atoms with Gasteiger partial charge in [-0.25, -0.2) is 4.57 Å². The number of carbonyl (C=O) groups is 2. The van der Waals surface area contributed by atoms with Gasteiger partial charge in [-0.05, 0) is 77.0 Å². The average Bonchev–Trinajstić information content (AvgIpc) is 3.24. The fourth-order valence-electron chi connectivity index (χ4n) is 6.57. The largest absolute Gasteiger partial charge is 0.472 e. The SMILES string of the molecule is CCCCCC=CCC=CCCCCCCCC(=O)OCC(COP(=O)(O)OC1C(O)C(O)C(O)C(O)C1O)OC(=O)CCCC=CCC=CCC=CCCCCCCCC. The van der Waals surface area contributed by atoms with Gasteiger partial charge in [-0.1, -0.05) is 139 Å². The minimum atomic E-state index is -5.14. The predicted molar refractivity (Wildman–Crippen MR) is 239 cm³/mol. The van der Waals surface area contributed by atoms with Gasteiger partial charge in [0.15, 0.2) is 6.10 Å². The van der Waals surface area contributed by atoms with Gasteiger partial charge in [0.2, 0.25) is 0 Å². The molecule has 14 heteroatoms. The van der Waals surface area contributed by atoms with Gasteiger partial charge in [0.1, 0.15) is 43.2 Å². The maximum Gasteiger partial charge on any atom is 0.472 e. The molecule has 1 aliphatic carbocycles. The fraction of sp³-hybridized carbons (Fsp3) is 0.745. The van der Waals surface area contributed by atoms with Crippen LogP contribution in [0.5, 0.6) is 0 Å². The predicted octanol–water partition coefficient (Wildman–Crippen LogP) is 8.94. The Morgan fingerprint density at radius 2 is 0.902 bits per heavy atom. The summed E-state index contributed by atoms with van der Waals surface area (Å²) in [5.74, 6) is -1.18. The summed E-state index contributed by atoms with van der Waals surface area (Å²) in [5.41, 5.74) is 0. The molecule has 0 spiro atoms. The van der Waals surface area contributed by atoms with Gasteiger partial charge >= 0.3 is 19.8 Å². The van der Waals surface area contributed by atoms with Gasteiger partial charge in [-0.2, -0.15) is 0 Å². The van der Waals surface area contributed by atoms with E-state index in [1.165, 1.54) is 57.8 Å². The summed E-state index contributed by atoms with van der Waals surface area (Å²) in [6.07, 6.45) is 31.4. The van der Waals surface area contributed by atoms with E-state index in [-0.39, 0.29) is 12.8 Å². The third-order valence-corrected chi connectivity index (χ3v) is 11.3. The molecule has 0 bridgehead atoms. The van der Waals surface area contributed by atoms with Crippen molar-refractivity contribution in [3.8, 4) is 0 Å². The first-order chi connectivity index (χ1) is 29.4. The molecule has 0 aromatic rings. The first-order valence-electron chi connectivity index (χ1n) is 23.1. The Morgan fingerprint density at radius 1 is 0.508 bits per heavy atom. The summed E-state index contributed by atoms with van der Waals surface area (Å²) >= 11 is 0. The average molecular weight is 885 g/mol. The Kier molecular flexibility index (Phi) is 34.3. The lowest BCUT2D eigenvalue weighted by Crippen LogP contribution is -2.64. The molecule has 1 fully saturated rings. The number of allylic oxidation sites excluding steroid dienone is 10. The molecule has 6 atom stereocenters. The number of hydrogen-bond donors (Lipinski definition) is 6. The zero-order valence-electron chi connectivity index (χ0n) is 37.2. The van der Waals surface area contributed by atoms with Crippen LogP contribution in [0.25, 0.3) is 0 Å². The van der Waals surface area contributed by atoms with Gasteiger partial charge in [0.25, 0.3) is 0 Å². The molecule has 0 radical (unpaired) electrons. The van der Waals surface area contributed by atoms with Crippen LogP contribution in [0, 0.1) is 0 Å². The van der Waals surface area contributed by atoms with E-state index < -0.39 is 75.7 Å². The number of ether oxygens (including phenoxy) is 2. The lowest BCUT2D eigenvalue weighted by atomic mass is 9.85. The number of phosphoric ester groups is 1. The van der Waals surface area contributed by atoms with Gasteiger partial charge < -0.3 is 39.9 Å². The maximum atomic E-state index is 12.8. The molecule has 0 aromatic heterocycles. The van der Waals surface area contributed by atoms with Crippen molar-refractivity contribution in [3.63, 3.8) is 0 Å². The molecule has 6 unspecified atom stereocenters. The number of hydrogen-bond acceptors (Lipinski definition) is 12. The van der Waals surface area contributed by atoms with Crippen molar-refractivity contribution in [3.05, 3.63) is 60.8 Å². The van der Waals surface area contributed by atoms with Crippen molar-refractivity contribution >= 4 is 19.8 Å². The van der Waals surface area contributed by atoms with E-state index in [0.29, 0.717) is 19.3 Å². The molecule has 1 saturated carbocycles. The highest BCUT2D eigenvalue weighted by molar-refractivity contribution is 7.47. The Morgan fingerprint density at radius 3 is 1.43 bits per heavy atom. The highest BCUT2D eigenvalue weighted by Gasteiger charge is 2.51. The van der Waals surface area contributed by atoms with Crippen LogP contribution in [-0.2, 0) is 32.7 Å². The Balaban J connectivity index is 2.52. The van der Waals surface area contributed by atoms with E-state index >= 15 is 0 Å². The molecular formula is C47H81O13P. The van der Waals surface area contributed by atoms with Crippen LogP contribution in [0.2, 0.25) is 0 Å². The summed E-state index contributed by atoms with van der Waals surface area (Å²) < 4.78 is 33.4. The van der Waals surface area contributed by atoms with Crippen LogP contribution in [0.3, 0.4) is 0 Å². The van der Waals surface area contributed by atoms with Gasteiger partial charge in [0.05, 0.1) is 6.61 Å². The van der Waals surface area contributed by atoms with E-state index in [1.54, 1.807) is 0 Å². The third kappa shape index (κ3) is 29.5. The summed E-state index contributed by atoms with van der Waals surface area (Å²) in [4.78, 5) is 35.7. The minimum absolute atomic E-state index is 0.0197. The smallest absolute Gasteiger partial charge is 0.462 e. The molecule has 13 nitrogen and oxygen atoms in total. The van der Waals surface area contributed by atoms with Crippen molar-refractivity contribution in [2.75, 3.05) is 13.2 Å². The summed E-state index contributed by atoms with van der Waals surface area (Å²) in [7, 11) is -5.14. The van der Waals surface area contributed by atoms with Crippen LogP contribution in [0.15, 0.2) is 60.8 Å². The van der Waals surface area contributed by atoms with Crippen LogP contribution in [0.4, 0.5) is 0 Å². The Bertz CT molecular complexity index is 1300. The molecule has 0 amide bonds. The van der Waals surface area contributed by atoms with Gasteiger partial charge in [-0.3, -0.25) is 18.6 Å². The molecule has 0 aromatic carbocycles. The molecule has 0 saturated heterocycles. The van der Waals surface area contributed by atoms with E-state index in [2.05, 4.69) is 62.5 Å². The lowest BCUT2D eigenvalue weighted by molar-refractivity contribution is -0.220. The number of phosphoric acid groups is 1. The van der Waals surface area contributed by atoms with E-state index in [1.807, 2.05) is 12.2 Å². The Labute approximate surface area is 366 Å². The molecule has 61 heavy (non-hydrogen) atoms. The molecule has 1 aliphatic rings. The minimum Gasteiger partial charge on any atom is -0.462 e. The number of carbonyl (C=O) groups excluding carboxylic acids is 2. The molecular weight excluding hydrogens is 803 g/mol.